The lowest BCUT2D eigenvalue weighted by Gasteiger charge is -2.17. The first-order chi connectivity index (χ1) is 19.3. The Hall–Kier alpha value is -4.88. The summed E-state index contributed by atoms with van der Waals surface area (Å²) in [5.74, 6) is -1.98. The Morgan fingerprint density at radius 2 is 1.57 bits per heavy atom. The average molecular weight is 553 g/mol. The first-order valence-electron chi connectivity index (χ1n) is 12.6. The quantitative estimate of drug-likeness (QED) is 0.201. The van der Waals surface area contributed by atoms with E-state index in [0.29, 0.717) is 27.9 Å². The largest absolute Gasteiger partial charge is 0.508 e. The van der Waals surface area contributed by atoms with Gasteiger partial charge in [-0.1, -0.05) is 66.2 Å². The van der Waals surface area contributed by atoms with Gasteiger partial charge in [-0.15, -0.1) is 0 Å². The van der Waals surface area contributed by atoms with Crippen molar-refractivity contribution in [3.63, 3.8) is 0 Å². The summed E-state index contributed by atoms with van der Waals surface area (Å²) in [5, 5.41) is 23.7. The number of halogens is 1. The van der Waals surface area contributed by atoms with Crippen LogP contribution in [0.1, 0.15) is 27.0 Å². The van der Waals surface area contributed by atoms with Gasteiger partial charge in [-0.2, -0.15) is 0 Å². The van der Waals surface area contributed by atoms with Gasteiger partial charge in [0.25, 0.3) is 11.5 Å². The molecule has 0 bridgehead atoms. The minimum atomic E-state index is -1.30. The third kappa shape index (κ3) is 6.06. The molecule has 0 saturated heterocycles. The highest BCUT2D eigenvalue weighted by atomic mass is 35.5. The Balaban J connectivity index is 1.41. The highest BCUT2D eigenvalue weighted by Crippen LogP contribution is 2.25. The Morgan fingerprint density at radius 1 is 0.850 bits per heavy atom. The van der Waals surface area contributed by atoms with Crippen molar-refractivity contribution >= 4 is 34.4 Å². The van der Waals surface area contributed by atoms with E-state index in [-0.39, 0.29) is 17.7 Å². The number of H-pyrrole nitrogens is 1. The summed E-state index contributed by atoms with van der Waals surface area (Å²) in [5.41, 5.74) is 3.90. The molecule has 4 N–H and O–H groups in total. The smallest absolute Gasteiger partial charge is 0.326 e. The number of aromatic nitrogens is 1. The van der Waals surface area contributed by atoms with Crippen molar-refractivity contribution in [1.82, 2.24) is 10.3 Å². The number of amides is 1. The average Bonchev–Trinajstić information content (AvgIpc) is 2.94. The molecule has 1 amide bonds. The number of rotatable bonds is 8. The topological polar surface area (TPSA) is 119 Å². The van der Waals surface area contributed by atoms with Gasteiger partial charge in [-0.3, -0.25) is 9.59 Å². The van der Waals surface area contributed by atoms with Gasteiger partial charge >= 0.3 is 5.97 Å². The molecule has 0 saturated carbocycles. The molecule has 4 aromatic carbocycles. The van der Waals surface area contributed by atoms with Gasteiger partial charge in [0.05, 0.1) is 0 Å². The Bertz CT molecular complexity index is 1760. The number of hydrogen-bond acceptors (Lipinski definition) is 4. The number of pyridine rings is 1. The second-order valence-corrected chi connectivity index (χ2v) is 9.94. The maximum Gasteiger partial charge on any atom is 0.326 e. The van der Waals surface area contributed by atoms with Crippen molar-refractivity contribution in [1.29, 1.82) is 0 Å². The summed E-state index contributed by atoms with van der Waals surface area (Å²) in [6.07, 6.45) is 0.445. The van der Waals surface area contributed by atoms with E-state index in [1.807, 2.05) is 54.6 Å². The van der Waals surface area contributed by atoms with Crippen molar-refractivity contribution in [3.05, 3.63) is 135 Å². The van der Waals surface area contributed by atoms with Crippen molar-refractivity contribution in [2.45, 2.75) is 18.9 Å². The van der Waals surface area contributed by atoms with Crippen LogP contribution in [0.4, 0.5) is 0 Å². The molecule has 5 aromatic rings. The zero-order valence-corrected chi connectivity index (χ0v) is 22.0. The van der Waals surface area contributed by atoms with Crippen molar-refractivity contribution in [2.24, 2.45) is 0 Å². The molecule has 1 heterocycles. The minimum Gasteiger partial charge on any atom is -0.508 e. The molecule has 1 atom stereocenters. The van der Waals surface area contributed by atoms with Crippen LogP contribution in [0.5, 0.6) is 5.75 Å². The van der Waals surface area contributed by atoms with Gasteiger partial charge in [-0.05, 0) is 82.1 Å². The number of carbonyl (C=O) groups excluding carboxylic acids is 1. The highest BCUT2D eigenvalue weighted by molar-refractivity contribution is 6.30. The van der Waals surface area contributed by atoms with E-state index >= 15 is 0 Å². The van der Waals surface area contributed by atoms with E-state index in [2.05, 4.69) is 10.3 Å². The molecule has 0 aliphatic carbocycles. The third-order valence-corrected chi connectivity index (χ3v) is 6.97. The van der Waals surface area contributed by atoms with Crippen LogP contribution >= 0.6 is 11.6 Å². The number of phenols is 1. The molecule has 0 aliphatic heterocycles. The van der Waals surface area contributed by atoms with Crippen LogP contribution in [0.2, 0.25) is 5.02 Å². The van der Waals surface area contributed by atoms with Crippen LogP contribution in [0, 0.1) is 0 Å². The number of aromatic amines is 1. The van der Waals surface area contributed by atoms with Gasteiger partial charge in [-0.25, -0.2) is 4.79 Å². The first kappa shape index (κ1) is 26.7. The fourth-order valence-electron chi connectivity index (χ4n) is 4.65. The van der Waals surface area contributed by atoms with Crippen LogP contribution in [0.15, 0.2) is 102 Å². The fraction of sp³-hybridized carbons (Fsp3) is 0.0938. The lowest BCUT2D eigenvalue weighted by Crippen LogP contribution is -2.44. The van der Waals surface area contributed by atoms with Crippen molar-refractivity contribution in [3.8, 4) is 16.9 Å². The number of aliphatic carboxylic acids is 1. The van der Waals surface area contributed by atoms with Gasteiger partial charge in [0, 0.05) is 17.0 Å². The van der Waals surface area contributed by atoms with E-state index in [1.165, 1.54) is 12.1 Å². The van der Waals surface area contributed by atoms with Crippen LogP contribution in [0.25, 0.3) is 22.0 Å². The second kappa shape index (κ2) is 11.5. The molecule has 0 unspecified atom stereocenters. The lowest BCUT2D eigenvalue weighted by molar-refractivity contribution is -0.139. The van der Waals surface area contributed by atoms with Gasteiger partial charge in [0.15, 0.2) is 0 Å². The van der Waals surface area contributed by atoms with E-state index < -0.39 is 23.5 Å². The normalized spacial score (nSPS) is 11.7. The number of carboxylic acid groups (broad SMARTS) is 1. The molecular weight excluding hydrogens is 528 g/mol. The van der Waals surface area contributed by atoms with Crippen LogP contribution in [-0.2, 0) is 17.6 Å². The summed E-state index contributed by atoms with van der Waals surface area (Å²) < 4.78 is 0. The number of fused-ring (bicyclic) bond motifs is 1. The molecule has 0 radical (unpaired) electrons. The maximum absolute atomic E-state index is 13.2. The van der Waals surface area contributed by atoms with Crippen LogP contribution in [-0.4, -0.2) is 33.1 Å². The van der Waals surface area contributed by atoms with Gasteiger partial charge in [0.2, 0.25) is 0 Å². The summed E-state index contributed by atoms with van der Waals surface area (Å²) >= 11 is 6.00. The molecule has 0 aliphatic rings. The van der Waals surface area contributed by atoms with E-state index in [1.54, 1.807) is 30.3 Å². The summed E-state index contributed by atoms with van der Waals surface area (Å²) in [6.45, 7) is 0. The first-order valence-corrected chi connectivity index (χ1v) is 13.0. The van der Waals surface area contributed by atoms with Crippen molar-refractivity contribution in [2.75, 3.05) is 0 Å². The second-order valence-electron chi connectivity index (χ2n) is 9.50. The number of carbonyl (C=O) groups is 2. The standard InChI is InChI=1S/C32H25ClN2O5/c33-25-10-6-20(7-11-25)21-9-13-28-24(15-21)17-27(30(37)34-28)31(38)35-29(32(39)40)18-22-8-12-26(36)16-23(22)14-19-4-2-1-3-5-19/h1-13,15-17,29,36H,14,18H2,(H,34,37)(H,35,38)(H,39,40)/t29-/m0/s1. The maximum atomic E-state index is 13.2. The predicted octanol–water partition coefficient (Wildman–Crippen LogP) is 5.57. The SMILES string of the molecule is O=C(N[C@@H](Cc1ccc(O)cc1Cc1ccccc1)C(=O)O)c1cc2cc(-c3ccc(Cl)cc3)ccc2[nH]c1=O. The molecule has 5 rings (SSSR count). The summed E-state index contributed by atoms with van der Waals surface area (Å²) in [6, 6.07) is 27.2. The molecule has 0 fully saturated rings. The molecule has 1 aromatic heterocycles. The highest BCUT2D eigenvalue weighted by Gasteiger charge is 2.24. The van der Waals surface area contributed by atoms with Gasteiger partial charge < -0.3 is 20.5 Å². The minimum absolute atomic E-state index is 0.0320. The third-order valence-electron chi connectivity index (χ3n) is 6.72. The summed E-state index contributed by atoms with van der Waals surface area (Å²) in [7, 11) is 0. The molecule has 7 nitrogen and oxygen atoms in total. The molecule has 200 valence electrons. The van der Waals surface area contributed by atoms with Crippen molar-refractivity contribution < 1.29 is 19.8 Å². The van der Waals surface area contributed by atoms with E-state index in [9.17, 15) is 24.6 Å². The Morgan fingerprint density at radius 3 is 2.30 bits per heavy atom. The van der Waals surface area contributed by atoms with Gasteiger partial charge in [0.1, 0.15) is 17.4 Å². The number of hydrogen-bond donors (Lipinski definition) is 4. The molecular formula is C32H25ClN2O5. The fourth-order valence-corrected chi connectivity index (χ4v) is 4.77. The van der Waals surface area contributed by atoms with E-state index in [0.717, 1.165) is 22.3 Å². The van der Waals surface area contributed by atoms with Crippen LogP contribution in [0.3, 0.4) is 0 Å². The number of nitrogens with one attached hydrogen (secondary N) is 2. The predicted molar refractivity (Wildman–Crippen MR) is 155 cm³/mol. The zero-order valence-electron chi connectivity index (χ0n) is 21.2. The monoisotopic (exact) mass is 552 g/mol. The summed E-state index contributed by atoms with van der Waals surface area (Å²) in [4.78, 5) is 40.8. The molecule has 8 heteroatoms. The zero-order chi connectivity index (χ0) is 28.2. The molecule has 40 heavy (non-hydrogen) atoms. The number of aromatic hydroxyl groups is 1. The number of benzene rings is 4. The Kier molecular flexibility index (Phi) is 7.66. The number of phenolic OH excluding ortho intramolecular Hbond substituents is 1. The lowest BCUT2D eigenvalue weighted by atomic mass is 9.95. The van der Waals surface area contributed by atoms with E-state index in [4.69, 9.17) is 11.6 Å². The Labute approximate surface area is 234 Å². The number of carboxylic acids is 1. The molecule has 0 spiro atoms. The van der Waals surface area contributed by atoms with Crippen LogP contribution < -0.4 is 10.9 Å².